The fourth-order valence-corrected chi connectivity index (χ4v) is 2.71. The lowest BCUT2D eigenvalue weighted by Gasteiger charge is -2.16. The fourth-order valence-electron chi connectivity index (χ4n) is 2.00. The molecule has 0 spiro atoms. The van der Waals surface area contributed by atoms with E-state index in [4.69, 9.17) is 21.1 Å². The number of aromatic nitrogens is 1. The van der Waals surface area contributed by atoms with E-state index < -0.39 is 18.0 Å². The van der Waals surface area contributed by atoms with E-state index in [0.717, 1.165) is 0 Å². The summed E-state index contributed by atoms with van der Waals surface area (Å²) in [6, 6.07) is 8.07. The highest BCUT2D eigenvalue weighted by atomic mass is 35.5. The molecule has 0 aliphatic carbocycles. The summed E-state index contributed by atoms with van der Waals surface area (Å²) in [7, 11) is 1.48. The summed E-state index contributed by atoms with van der Waals surface area (Å²) in [6.45, 7) is 1.49. The number of carbonyl (C=O) groups excluding carboxylic acids is 2. The summed E-state index contributed by atoms with van der Waals surface area (Å²) in [5.41, 5.74) is 0.712. The Morgan fingerprint density at radius 1 is 1.32 bits per heavy atom. The van der Waals surface area contributed by atoms with Crippen LogP contribution in [0.15, 0.2) is 41.6 Å². The third-order valence-corrected chi connectivity index (χ3v) is 4.20. The van der Waals surface area contributed by atoms with Crippen LogP contribution in [-0.4, -0.2) is 36.3 Å². The van der Waals surface area contributed by atoms with Gasteiger partial charge in [0, 0.05) is 11.2 Å². The van der Waals surface area contributed by atoms with Crippen molar-refractivity contribution in [1.82, 2.24) is 4.98 Å². The number of ether oxygens (including phenoxy) is 2. The van der Waals surface area contributed by atoms with Gasteiger partial charge in [-0.25, -0.2) is 9.78 Å². The molecule has 1 atom stereocenters. The van der Waals surface area contributed by atoms with Crippen molar-refractivity contribution in [2.45, 2.75) is 18.1 Å². The number of benzene rings is 1. The minimum Gasteiger partial charge on any atom is -0.495 e. The number of thioether (sulfide) groups is 1. The number of nitrogens with one attached hydrogen (secondary N) is 1. The molecular formula is C17H17ClN2O4S. The molecule has 132 valence electrons. The molecule has 6 nitrogen and oxygen atoms in total. The Labute approximate surface area is 154 Å². The number of hydrogen-bond acceptors (Lipinski definition) is 6. The molecule has 0 bridgehead atoms. The van der Waals surface area contributed by atoms with E-state index in [1.165, 1.54) is 25.8 Å². The third kappa shape index (κ3) is 4.87. The number of esters is 1. The predicted octanol–water partition coefficient (Wildman–Crippen LogP) is 3.65. The lowest BCUT2D eigenvalue weighted by Crippen LogP contribution is -2.30. The topological polar surface area (TPSA) is 77.5 Å². The maximum absolute atomic E-state index is 12.3. The molecule has 0 unspecified atom stereocenters. The molecule has 1 heterocycles. The van der Waals surface area contributed by atoms with Crippen molar-refractivity contribution in [2.75, 3.05) is 18.7 Å². The molecule has 0 fully saturated rings. The normalized spacial score (nSPS) is 11.5. The molecule has 2 rings (SSSR count). The van der Waals surface area contributed by atoms with Crippen LogP contribution < -0.4 is 10.1 Å². The van der Waals surface area contributed by atoms with Gasteiger partial charge in [0.2, 0.25) is 0 Å². The van der Waals surface area contributed by atoms with Gasteiger partial charge in [0.1, 0.15) is 10.8 Å². The number of carbonyl (C=O) groups is 2. The second-order valence-corrected chi connectivity index (χ2v) is 6.17. The molecule has 1 N–H and O–H groups in total. The summed E-state index contributed by atoms with van der Waals surface area (Å²) in [6.07, 6.45) is 2.39. The van der Waals surface area contributed by atoms with Crippen molar-refractivity contribution >= 4 is 40.9 Å². The Morgan fingerprint density at radius 3 is 2.76 bits per heavy atom. The van der Waals surface area contributed by atoms with Crippen LogP contribution in [0.25, 0.3) is 0 Å². The first kappa shape index (κ1) is 19.1. The maximum Gasteiger partial charge on any atom is 0.341 e. The molecule has 0 aliphatic rings. The molecule has 8 heteroatoms. The van der Waals surface area contributed by atoms with E-state index in [1.807, 2.05) is 0 Å². The van der Waals surface area contributed by atoms with Crippen LogP contribution in [0.3, 0.4) is 0 Å². The third-order valence-electron chi connectivity index (χ3n) is 3.26. The molecule has 0 saturated carbocycles. The molecular weight excluding hydrogens is 364 g/mol. The van der Waals surface area contributed by atoms with Gasteiger partial charge < -0.3 is 14.8 Å². The van der Waals surface area contributed by atoms with Crippen LogP contribution in [0.5, 0.6) is 5.75 Å². The molecule has 1 aromatic heterocycles. The summed E-state index contributed by atoms with van der Waals surface area (Å²) in [5.74, 6) is -0.658. The van der Waals surface area contributed by atoms with Crippen molar-refractivity contribution < 1.29 is 19.1 Å². The lowest BCUT2D eigenvalue weighted by atomic mass is 10.2. The number of rotatable bonds is 6. The van der Waals surface area contributed by atoms with Crippen LogP contribution in [-0.2, 0) is 9.53 Å². The van der Waals surface area contributed by atoms with Gasteiger partial charge in [0.15, 0.2) is 6.10 Å². The van der Waals surface area contributed by atoms with E-state index in [9.17, 15) is 9.59 Å². The molecule has 0 aliphatic heterocycles. The predicted molar refractivity (Wildman–Crippen MR) is 97.5 cm³/mol. The molecule has 1 aromatic carbocycles. The van der Waals surface area contributed by atoms with Crippen LogP contribution in [0.2, 0.25) is 5.02 Å². The highest BCUT2D eigenvalue weighted by Crippen LogP contribution is 2.28. The Morgan fingerprint density at radius 2 is 2.08 bits per heavy atom. The van der Waals surface area contributed by atoms with Gasteiger partial charge in [-0.15, -0.1) is 11.8 Å². The quantitative estimate of drug-likeness (QED) is 0.608. The highest BCUT2D eigenvalue weighted by Gasteiger charge is 2.22. The Balaban J connectivity index is 2.08. The number of pyridine rings is 1. The first-order valence-electron chi connectivity index (χ1n) is 7.30. The summed E-state index contributed by atoms with van der Waals surface area (Å²) in [4.78, 5) is 28.7. The fraction of sp³-hybridized carbons (Fsp3) is 0.235. The smallest absolute Gasteiger partial charge is 0.341 e. The van der Waals surface area contributed by atoms with Crippen molar-refractivity contribution in [3.63, 3.8) is 0 Å². The van der Waals surface area contributed by atoms with Gasteiger partial charge in [0.25, 0.3) is 5.91 Å². The molecule has 0 saturated heterocycles. The minimum absolute atomic E-state index is 0.315. The van der Waals surface area contributed by atoms with Crippen molar-refractivity contribution in [1.29, 1.82) is 0 Å². The standard InChI is InChI=1S/C17H17ClN2O4S/c1-10(24-17(22)12-5-4-8-19-16(12)25-3)15(21)20-13-9-11(18)6-7-14(13)23-2/h4-10H,1-3H3,(H,20,21)/t10-/m0/s1. The first-order valence-corrected chi connectivity index (χ1v) is 8.91. The SMILES string of the molecule is COc1ccc(Cl)cc1NC(=O)[C@H](C)OC(=O)c1cccnc1SC. The summed E-state index contributed by atoms with van der Waals surface area (Å²) >= 11 is 7.26. The zero-order valence-corrected chi connectivity index (χ0v) is 15.5. The zero-order chi connectivity index (χ0) is 18.4. The molecule has 2 aromatic rings. The zero-order valence-electron chi connectivity index (χ0n) is 13.9. The van der Waals surface area contributed by atoms with E-state index in [2.05, 4.69) is 10.3 Å². The largest absolute Gasteiger partial charge is 0.495 e. The van der Waals surface area contributed by atoms with Crippen molar-refractivity contribution in [3.8, 4) is 5.75 Å². The van der Waals surface area contributed by atoms with Gasteiger partial charge in [-0.05, 0) is 43.5 Å². The van der Waals surface area contributed by atoms with Crippen LogP contribution in [0, 0.1) is 0 Å². The van der Waals surface area contributed by atoms with Crippen molar-refractivity contribution in [3.05, 3.63) is 47.1 Å². The van der Waals surface area contributed by atoms with Crippen molar-refractivity contribution in [2.24, 2.45) is 0 Å². The molecule has 25 heavy (non-hydrogen) atoms. The Bertz CT molecular complexity index is 785. The average Bonchev–Trinajstić information content (AvgIpc) is 2.61. The molecule has 0 radical (unpaired) electrons. The number of amides is 1. The van der Waals surface area contributed by atoms with Gasteiger partial charge in [-0.1, -0.05) is 11.6 Å². The number of nitrogens with zero attached hydrogens (tertiary/aromatic N) is 1. The lowest BCUT2D eigenvalue weighted by molar-refractivity contribution is -0.123. The Hall–Kier alpha value is -2.25. The monoisotopic (exact) mass is 380 g/mol. The van der Waals surface area contributed by atoms with Crippen LogP contribution in [0.1, 0.15) is 17.3 Å². The average molecular weight is 381 g/mol. The first-order chi connectivity index (χ1) is 12.0. The summed E-state index contributed by atoms with van der Waals surface area (Å²) in [5, 5.41) is 3.62. The van der Waals surface area contributed by atoms with E-state index in [0.29, 0.717) is 27.0 Å². The van der Waals surface area contributed by atoms with Gasteiger partial charge in [-0.2, -0.15) is 0 Å². The Kier molecular flexibility index (Phi) is 6.66. The highest BCUT2D eigenvalue weighted by molar-refractivity contribution is 7.98. The van der Waals surface area contributed by atoms with E-state index in [1.54, 1.807) is 42.8 Å². The second-order valence-electron chi connectivity index (χ2n) is 4.94. The second kappa shape index (κ2) is 8.73. The number of hydrogen-bond donors (Lipinski definition) is 1. The number of halogens is 1. The summed E-state index contributed by atoms with van der Waals surface area (Å²) < 4.78 is 10.4. The van der Waals surface area contributed by atoms with E-state index in [-0.39, 0.29) is 0 Å². The number of anilines is 1. The van der Waals surface area contributed by atoms with Gasteiger partial charge >= 0.3 is 5.97 Å². The van der Waals surface area contributed by atoms with Gasteiger partial charge in [0.05, 0.1) is 18.4 Å². The molecule has 1 amide bonds. The number of methoxy groups -OCH3 is 1. The van der Waals surface area contributed by atoms with E-state index >= 15 is 0 Å². The van der Waals surface area contributed by atoms with Gasteiger partial charge in [-0.3, -0.25) is 4.79 Å². The minimum atomic E-state index is -1.01. The van der Waals surface area contributed by atoms with Crippen LogP contribution in [0.4, 0.5) is 5.69 Å². The maximum atomic E-state index is 12.3. The van der Waals surface area contributed by atoms with Crippen LogP contribution >= 0.6 is 23.4 Å².